The van der Waals surface area contributed by atoms with Crippen LogP contribution in [0.15, 0.2) is 47.4 Å². The summed E-state index contributed by atoms with van der Waals surface area (Å²) in [6.07, 6.45) is 2.07. The van der Waals surface area contributed by atoms with Crippen molar-refractivity contribution >= 4 is 11.8 Å². The van der Waals surface area contributed by atoms with Gasteiger partial charge in [-0.3, -0.25) is 0 Å². The maximum atomic E-state index is 5.38. The zero-order chi connectivity index (χ0) is 15.1. The zero-order valence-electron chi connectivity index (χ0n) is 12.7. The first kappa shape index (κ1) is 15.7. The number of hydrogen-bond donors (Lipinski definition) is 1. The summed E-state index contributed by atoms with van der Waals surface area (Å²) in [6.45, 7) is 1.65. The highest BCUT2D eigenvalue weighted by molar-refractivity contribution is 7.98. The summed E-state index contributed by atoms with van der Waals surface area (Å²) in [6, 6.07) is 14.5. The third-order valence-electron chi connectivity index (χ3n) is 3.27. The van der Waals surface area contributed by atoms with Crippen LogP contribution in [-0.4, -0.2) is 20.5 Å². The number of hydrogen-bond acceptors (Lipinski definition) is 4. The number of ether oxygens (including phenoxy) is 2. The Morgan fingerprint density at radius 3 is 2.24 bits per heavy atom. The Balaban J connectivity index is 2.08. The van der Waals surface area contributed by atoms with Gasteiger partial charge in [-0.2, -0.15) is 0 Å². The molecule has 0 aliphatic heterocycles. The minimum atomic E-state index is 0.770. The van der Waals surface area contributed by atoms with Gasteiger partial charge < -0.3 is 14.8 Å². The van der Waals surface area contributed by atoms with E-state index in [1.54, 1.807) is 26.0 Å². The molecule has 0 aromatic heterocycles. The van der Waals surface area contributed by atoms with Gasteiger partial charge in [0.1, 0.15) is 0 Å². The number of nitrogens with one attached hydrogen (secondary N) is 1. The molecule has 0 fully saturated rings. The van der Waals surface area contributed by atoms with Gasteiger partial charge >= 0.3 is 0 Å². The van der Waals surface area contributed by atoms with Crippen molar-refractivity contribution in [2.45, 2.75) is 18.0 Å². The smallest absolute Gasteiger partial charge is 0.161 e. The lowest BCUT2D eigenvalue weighted by Gasteiger charge is -2.14. The summed E-state index contributed by atoms with van der Waals surface area (Å²) >= 11 is 1.71. The lowest BCUT2D eigenvalue weighted by atomic mass is 10.2. The summed E-state index contributed by atoms with van der Waals surface area (Å²) in [5, 5.41) is 3.47. The molecule has 0 bridgehead atoms. The van der Waals surface area contributed by atoms with Crippen molar-refractivity contribution in [2.75, 3.05) is 20.5 Å². The Morgan fingerprint density at radius 1 is 0.952 bits per heavy atom. The van der Waals surface area contributed by atoms with E-state index >= 15 is 0 Å². The molecule has 0 saturated heterocycles. The minimum Gasteiger partial charge on any atom is -0.493 e. The largest absolute Gasteiger partial charge is 0.493 e. The fraction of sp³-hybridized carbons (Fsp3) is 0.294. The van der Waals surface area contributed by atoms with Crippen molar-refractivity contribution in [3.05, 3.63) is 53.6 Å². The first-order valence-corrected chi connectivity index (χ1v) is 8.04. The molecule has 0 heterocycles. The SMILES string of the molecule is COc1cc(CNCc2ccccc2)c(SC)cc1OC. The number of benzene rings is 2. The molecular formula is C17H21NO2S. The molecular weight excluding hydrogens is 282 g/mol. The zero-order valence-corrected chi connectivity index (χ0v) is 13.5. The van der Waals surface area contributed by atoms with Gasteiger partial charge in [0.2, 0.25) is 0 Å². The van der Waals surface area contributed by atoms with Crippen molar-refractivity contribution < 1.29 is 9.47 Å². The monoisotopic (exact) mass is 303 g/mol. The number of methoxy groups -OCH3 is 2. The second-order valence-corrected chi connectivity index (χ2v) is 5.46. The van der Waals surface area contributed by atoms with Crippen molar-refractivity contribution in [1.29, 1.82) is 0 Å². The molecule has 112 valence electrons. The normalized spacial score (nSPS) is 10.4. The molecule has 2 aromatic rings. The lowest BCUT2D eigenvalue weighted by molar-refractivity contribution is 0.353. The summed E-state index contributed by atoms with van der Waals surface area (Å²) in [5.74, 6) is 1.54. The average Bonchev–Trinajstić information content (AvgIpc) is 2.55. The first-order chi connectivity index (χ1) is 10.3. The van der Waals surface area contributed by atoms with E-state index in [0.717, 1.165) is 24.6 Å². The molecule has 4 heteroatoms. The molecule has 0 radical (unpaired) electrons. The predicted octanol–water partition coefficient (Wildman–Crippen LogP) is 3.72. The molecule has 2 aromatic carbocycles. The van der Waals surface area contributed by atoms with Gasteiger partial charge in [0, 0.05) is 18.0 Å². The van der Waals surface area contributed by atoms with Crippen LogP contribution in [0.4, 0.5) is 0 Å². The summed E-state index contributed by atoms with van der Waals surface area (Å²) in [5.41, 5.74) is 2.50. The van der Waals surface area contributed by atoms with E-state index in [9.17, 15) is 0 Å². The molecule has 2 rings (SSSR count). The van der Waals surface area contributed by atoms with Crippen LogP contribution >= 0.6 is 11.8 Å². The second kappa shape index (κ2) is 7.96. The highest BCUT2D eigenvalue weighted by Gasteiger charge is 2.10. The molecule has 0 saturated carbocycles. The van der Waals surface area contributed by atoms with E-state index in [2.05, 4.69) is 35.8 Å². The van der Waals surface area contributed by atoms with Gasteiger partial charge in [-0.15, -0.1) is 11.8 Å². The molecule has 0 aliphatic carbocycles. The first-order valence-electron chi connectivity index (χ1n) is 6.82. The molecule has 0 aliphatic rings. The fourth-order valence-corrected chi connectivity index (χ4v) is 2.79. The molecule has 0 amide bonds. The number of thioether (sulfide) groups is 1. The van der Waals surface area contributed by atoms with Crippen LogP contribution in [0, 0.1) is 0 Å². The maximum Gasteiger partial charge on any atom is 0.161 e. The Hall–Kier alpha value is -1.65. The van der Waals surface area contributed by atoms with Crippen LogP contribution in [0.2, 0.25) is 0 Å². The third kappa shape index (κ3) is 4.16. The quantitative estimate of drug-likeness (QED) is 0.790. The maximum absolute atomic E-state index is 5.38. The van der Waals surface area contributed by atoms with Gasteiger partial charge in [0.15, 0.2) is 11.5 Å². The van der Waals surface area contributed by atoms with E-state index in [0.29, 0.717) is 0 Å². The second-order valence-electron chi connectivity index (χ2n) is 4.61. The molecule has 0 atom stereocenters. The van der Waals surface area contributed by atoms with Crippen LogP contribution < -0.4 is 14.8 Å². The van der Waals surface area contributed by atoms with Crippen molar-refractivity contribution in [3.63, 3.8) is 0 Å². The van der Waals surface area contributed by atoms with E-state index < -0.39 is 0 Å². The molecule has 3 nitrogen and oxygen atoms in total. The van der Waals surface area contributed by atoms with E-state index in [4.69, 9.17) is 9.47 Å². The highest BCUT2D eigenvalue weighted by atomic mass is 32.2. The summed E-state index contributed by atoms with van der Waals surface area (Å²) < 4.78 is 10.7. The van der Waals surface area contributed by atoms with Crippen LogP contribution in [0.1, 0.15) is 11.1 Å². The van der Waals surface area contributed by atoms with Crippen LogP contribution in [0.3, 0.4) is 0 Å². The third-order valence-corrected chi connectivity index (χ3v) is 4.09. The van der Waals surface area contributed by atoms with Gasteiger partial charge in [0.05, 0.1) is 14.2 Å². The van der Waals surface area contributed by atoms with Crippen molar-refractivity contribution in [2.24, 2.45) is 0 Å². The Kier molecular flexibility index (Phi) is 5.96. The van der Waals surface area contributed by atoms with Gasteiger partial charge in [-0.25, -0.2) is 0 Å². The number of rotatable bonds is 7. The minimum absolute atomic E-state index is 0.770. The van der Waals surface area contributed by atoms with E-state index in [1.165, 1.54) is 16.0 Å². The average molecular weight is 303 g/mol. The highest BCUT2D eigenvalue weighted by Crippen LogP contribution is 2.34. The fourth-order valence-electron chi connectivity index (χ4n) is 2.17. The van der Waals surface area contributed by atoms with Gasteiger partial charge in [-0.05, 0) is 29.5 Å². The van der Waals surface area contributed by atoms with Crippen LogP contribution in [-0.2, 0) is 13.1 Å². The Bertz CT molecular complexity index is 573. The molecule has 0 unspecified atom stereocenters. The van der Waals surface area contributed by atoms with E-state index in [1.807, 2.05) is 18.2 Å². The molecule has 21 heavy (non-hydrogen) atoms. The molecule has 0 spiro atoms. The predicted molar refractivity (Wildman–Crippen MR) is 88.3 cm³/mol. The Morgan fingerprint density at radius 2 is 1.62 bits per heavy atom. The van der Waals surface area contributed by atoms with E-state index in [-0.39, 0.29) is 0 Å². The van der Waals surface area contributed by atoms with Crippen molar-refractivity contribution in [3.8, 4) is 11.5 Å². The lowest BCUT2D eigenvalue weighted by Crippen LogP contribution is -2.13. The van der Waals surface area contributed by atoms with Crippen LogP contribution in [0.25, 0.3) is 0 Å². The Labute approximate surface area is 130 Å². The van der Waals surface area contributed by atoms with Crippen molar-refractivity contribution in [1.82, 2.24) is 5.32 Å². The standard InChI is InChI=1S/C17H21NO2S/c1-19-15-9-14(17(21-3)10-16(15)20-2)12-18-11-13-7-5-4-6-8-13/h4-10,18H,11-12H2,1-3H3. The summed E-state index contributed by atoms with van der Waals surface area (Å²) in [7, 11) is 3.33. The topological polar surface area (TPSA) is 30.5 Å². The van der Waals surface area contributed by atoms with Gasteiger partial charge in [0.25, 0.3) is 0 Å². The summed E-state index contributed by atoms with van der Waals surface area (Å²) in [4.78, 5) is 1.20. The van der Waals surface area contributed by atoms with Gasteiger partial charge in [-0.1, -0.05) is 30.3 Å². The molecule has 1 N–H and O–H groups in total. The van der Waals surface area contributed by atoms with Crippen LogP contribution in [0.5, 0.6) is 11.5 Å².